The summed E-state index contributed by atoms with van der Waals surface area (Å²) < 4.78 is 10.8. The van der Waals surface area contributed by atoms with Gasteiger partial charge in [-0.1, -0.05) is 0 Å². The van der Waals surface area contributed by atoms with Gasteiger partial charge in [0.25, 0.3) is 5.91 Å². The highest BCUT2D eigenvalue weighted by Crippen LogP contribution is 2.22. The van der Waals surface area contributed by atoms with Gasteiger partial charge in [-0.05, 0) is 50.5 Å². The molecule has 0 spiro atoms. The molecule has 0 aliphatic carbocycles. The predicted molar refractivity (Wildman–Crippen MR) is 89.0 cm³/mol. The predicted octanol–water partition coefficient (Wildman–Crippen LogP) is 2.85. The number of methoxy groups -OCH3 is 1. The number of nitrogens with zero attached hydrogens (tertiary/aromatic N) is 1. The van der Waals surface area contributed by atoms with E-state index < -0.39 is 0 Å². The van der Waals surface area contributed by atoms with Gasteiger partial charge in [-0.2, -0.15) is 0 Å². The summed E-state index contributed by atoms with van der Waals surface area (Å²) in [6, 6.07) is 7.54. The second kappa shape index (κ2) is 6.96. The molecule has 0 radical (unpaired) electrons. The minimum Gasteiger partial charge on any atom is -0.497 e. The molecule has 1 aromatic heterocycles. The van der Waals surface area contributed by atoms with Gasteiger partial charge < -0.3 is 14.8 Å². The fraction of sp³-hybridized carbons (Fsp3) is 0.444. The molecule has 2 heterocycles. The van der Waals surface area contributed by atoms with Crippen molar-refractivity contribution < 1.29 is 14.3 Å². The van der Waals surface area contributed by atoms with Crippen LogP contribution in [-0.2, 0) is 4.74 Å². The molecule has 1 aromatic carbocycles. The minimum absolute atomic E-state index is 0.0854. The summed E-state index contributed by atoms with van der Waals surface area (Å²) in [6.45, 7) is 3.33. The van der Waals surface area contributed by atoms with E-state index in [1.165, 1.54) is 0 Å². The number of carbonyl (C=O) groups is 1. The van der Waals surface area contributed by atoms with Crippen LogP contribution in [0, 0.1) is 6.92 Å². The Bertz CT molecular complexity index is 709. The van der Waals surface area contributed by atoms with Crippen molar-refractivity contribution in [3.05, 3.63) is 35.5 Å². The molecule has 1 aliphatic rings. The Kier molecular flexibility index (Phi) is 4.76. The molecule has 1 saturated heterocycles. The molecule has 0 saturated carbocycles. The third-order valence-electron chi connectivity index (χ3n) is 4.23. The highest BCUT2D eigenvalue weighted by molar-refractivity contribution is 5.98. The standard InChI is InChI=1S/C18H22N2O3/c1-12-16(18(21)19-8-7-14-4-3-9-23-14)11-13-10-15(22-2)5-6-17(13)20-12/h5-6,10-11,14H,3-4,7-9H2,1-2H3,(H,19,21)/t14-/m1/s1. The highest BCUT2D eigenvalue weighted by Gasteiger charge is 2.16. The Morgan fingerprint density at radius 1 is 1.43 bits per heavy atom. The van der Waals surface area contributed by atoms with E-state index in [1.54, 1.807) is 7.11 Å². The molecule has 122 valence electrons. The number of hydrogen-bond donors (Lipinski definition) is 1. The second-order valence-corrected chi connectivity index (χ2v) is 5.86. The van der Waals surface area contributed by atoms with Crippen molar-refractivity contribution in [2.45, 2.75) is 32.3 Å². The molecule has 5 heteroatoms. The summed E-state index contributed by atoms with van der Waals surface area (Å²) in [5, 5.41) is 3.87. The number of hydrogen-bond acceptors (Lipinski definition) is 4. The molecular formula is C18H22N2O3. The lowest BCUT2D eigenvalue weighted by Crippen LogP contribution is -2.27. The van der Waals surface area contributed by atoms with Crippen LogP contribution in [0.3, 0.4) is 0 Å². The Hall–Kier alpha value is -2.14. The lowest BCUT2D eigenvalue weighted by molar-refractivity contribution is 0.0906. The molecule has 23 heavy (non-hydrogen) atoms. The van der Waals surface area contributed by atoms with Crippen LogP contribution < -0.4 is 10.1 Å². The molecule has 1 aliphatic heterocycles. The number of ether oxygens (including phenoxy) is 2. The van der Waals surface area contributed by atoms with Gasteiger partial charge in [-0.3, -0.25) is 9.78 Å². The van der Waals surface area contributed by atoms with Crippen molar-refractivity contribution in [2.24, 2.45) is 0 Å². The third kappa shape index (κ3) is 3.62. The Labute approximate surface area is 136 Å². The number of benzene rings is 1. The van der Waals surface area contributed by atoms with Crippen molar-refractivity contribution in [1.29, 1.82) is 0 Å². The quantitative estimate of drug-likeness (QED) is 0.922. The summed E-state index contributed by atoms with van der Waals surface area (Å²) in [5.41, 5.74) is 2.20. The summed E-state index contributed by atoms with van der Waals surface area (Å²) in [5.74, 6) is 0.672. The normalized spacial score (nSPS) is 17.4. The molecule has 1 atom stereocenters. The molecular weight excluding hydrogens is 292 g/mol. The zero-order chi connectivity index (χ0) is 16.2. The number of carbonyl (C=O) groups excluding carboxylic acids is 1. The first-order chi connectivity index (χ1) is 11.2. The van der Waals surface area contributed by atoms with E-state index in [4.69, 9.17) is 9.47 Å². The van der Waals surface area contributed by atoms with Gasteiger partial charge in [0.05, 0.1) is 30.0 Å². The molecule has 1 fully saturated rings. The van der Waals surface area contributed by atoms with Crippen LogP contribution >= 0.6 is 0 Å². The SMILES string of the molecule is COc1ccc2nc(C)c(C(=O)NCC[C@H]3CCCO3)cc2c1. The molecule has 2 aromatic rings. The van der Waals surface area contributed by atoms with Crippen LogP contribution in [-0.4, -0.2) is 37.3 Å². The average molecular weight is 314 g/mol. The van der Waals surface area contributed by atoms with E-state index in [-0.39, 0.29) is 12.0 Å². The summed E-state index contributed by atoms with van der Waals surface area (Å²) in [4.78, 5) is 16.9. The largest absolute Gasteiger partial charge is 0.497 e. The number of pyridine rings is 1. The van der Waals surface area contributed by atoms with Gasteiger partial charge in [0, 0.05) is 18.5 Å². The van der Waals surface area contributed by atoms with Crippen molar-refractivity contribution in [2.75, 3.05) is 20.3 Å². The van der Waals surface area contributed by atoms with Crippen LogP contribution in [0.25, 0.3) is 10.9 Å². The van der Waals surface area contributed by atoms with Crippen LogP contribution in [0.1, 0.15) is 35.3 Å². The topological polar surface area (TPSA) is 60.5 Å². The van der Waals surface area contributed by atoms with Crippen molar-refractivity contribution >= 4 is 16.8 Å². The fourth-order valence-corrected chi connectivity index (χ4v) is 2.92. The van der Waals surface area contributed by atoms with Gasteiger partial charge in [0.1, 0.15) is 5.75 Å². The number of rotatable bonds is 5. The zero-order valence-electron chi connectivity index (χ0n) is 13.6. The maximum Gasteiger partial charge on any atom is 0.253 e. The van der Waals surface area contributed by atoms with E-state index in [9.17, 15) is 4.79 Å². The van der Waals surface area contributed by atoms with Crippen LogP contribution in [0.15, 0.2) is 24.3 Å². The van der Waals surface area contributed by atoms with Crippen LogP contribution in [0.2, 0.25) is 0 Å². The van der Waals surface area contributed by atoms with Crippen LogP contribution in [0.5, 0.6) is 5.75 Å². The zero-order valence-corrected chi connectivity index (χ0v) is 13.6. The van der Waals surface area contributed by atoms with E-state index in [1.807, 2.05) is 31.2 Å². The number of aromatic nitrogens is 1. The number of fused-ring (bicyclic) bond motifs is 1. The van der Waals surface area contributed by atoms with Crippen molar-refractivity contribution in [1.82, 2.24) is 10.3 Å². The molecule has 0 unspecified atom stereocenters. The number of aryl methyl sites for hydroxylation is 1. The molecule has 1 amide bonds. The summed E-state index contributed by atoms with van der Waals surface area (Å²) in [7, 11) is 1.63. The molecule has 3 rings (SSSR count). The van der Waals surface area contributed by atoms with Gasteiger partial charge in [-0.15, -0.1) is 0 Å². The minimum atomic E-state index is -0.0854. The lowest BCUT2D eigenvalue weighted by atomic mass is 10.1. The van der Waals surface area contributed by atoms with Gasteiger partial charge >= 0.3 is 0 Å². The summed E-state index contributed by atoms with van der Waals surface area (Å²) >= 11 is 0. The first-order valence-corrected chi connectivity index (χ1v) is 8.02. The number of amides is 1. The summed E-state index contributed by atoms with van der Waals surface area (Å²) in [6.07, 6.45) is 3.36. The average Bonchev–Trinajstić information content (AvgIpc) is 3.07. The van der Waals surface area contributed by atoms with E-state index >= 15 is 0 Å². The lowest BCUT2D eigenvalue weighted by Gasteiger charge is -2.12. The highest BCUT2D eigenvalue weighted by atomic mass is 16.5. The molecule has 5 nitrogen and oxygen atoms in total. The maximum absolute atomic E-state index is 12.4. The Morgan fingerprint density at radius 3 is 3.04 bits per heavy atom. The fourth-order valence-electron chi connectivity index (χ4n) is 2.92. The first-order valence-electron chi connectivity index (χ1n) is 8.02. The maximum atomic E-state index is 12.4. The van der Waals surface area contributed by atoms with Gasteiger partial charge in [0.15, 0.2) is 0 Å². The van der Waals surface area contributed by atoms with Crippen molar-refractivity contribution in [3.8, 4) is 5.75 Å². The van der Waals surface area contributed by atoms with Crippen LogP contribution in [0.4, 0.5) is 0 Å². The Balaban J connectivity index is 1.72. The Morgan fingerprint density at radius 2 is 2.30 bits per heavy atom. The van der Waals surface area contributed by atoms with E-state index in [0.29, 0.717) is 12.1 Å². The van der Waals surface area contributed by atoms with E-state index in [2.05, 4.69) is 10.3 Å². The van der Waals surface area contributed by atoms with Gasteiger partial charge in [-0.25, -0.2) is 0 Å². The van der Waals surface area contributed by atoms with Crippen molar-refractivity contribution in [3.63, 3.8) is 0 Å². The molecule has 0 bridgehead atoms. The van der Waals surface area contributed by atoms with E-state index in [0.717, 1.165) is 48.2 Å². The number of nitrogens with one attached hydrogen (secondary N) is 1. The first kappa shape index (κ1) is 15.7. The second-order valence-electron chi connectivity index (χ2n) is 5.86. The van der Waals surface area contributed by atoms with Gasteiger partial charge in [0.2, 0.25) is 0 Å². The monoisotopic (exact) mass is 314 g/mol. The molecule has 1 N–H and O–H groups in total. The smallest absolute Gasteiger partial charge is 0.253 e. The third-order valence-corrected chi connectivity index (χ3v) is 4.23.